The lowest BCUT2D eigenvalue weighted by Gasteiger charge is -2.17. The third kappa shape index (κ3) is 6.23. The number of nitrogens with one attached hydrogen (secondary N) is 1. The van der Waals surface area contributed by atoms with Crippen molar-refractivity contribution in [3.8, 4) is 11.5 Å². The van der Waals surface area contributed by atoms with Gasteiger partial charge in [-0.05, 0) is 72.0 Å². The summed E-state index contributed by atoms with van der Waals surface area (Å²) in [7, 11) is 1.62. The molecular formula is C25H26ClN3O4. The third-order valence-electron chi connectivity index (χ3n) is 5.09. The van der Waals surface area contributed by atoms with Gasteiger partial charge in [0.1, 0.15) is 18.1 Å². The van der Waals surface area contributed by atoms with E-state index in [0.717, 1.165) is 33.0 Å². The number of aryl methyl sites for hydroxylation is 1. The molecule has 172 valence electrons. The molecule has 0 aliphatic rings. The van der Waals surface area contributed by atoms with Crippen molar-refractivity contribution in [3.63, 3.8) is 0 Å². The summed E-state index contributed by atoms with van der Waals surface area (Å²) in [5.41, 5.74) is 7.28. The van der Waals surface area contributed by atoms with E-state index in [4.69, 9.17) is 21.1 Å². The topological polar surface area (TPSA) is 86.0 Å². The highest BCUT2D eigenvalue weighted by Gasteiger charge is 2.13. The zero-order valence-corrected chi connectivity index (χ0v) is 19.7. The second-order valence-electron chi connectivity index (χ2n) is 7.83. The van der Waals surface area contributed by atoms with Crippen LogP contribution in [-0.4, -0.2) is 18.2 Å². The Hall–Kier alpha value is -3.58. The largest absolute Gasteiger partial charge is 0.496 e. The number of benzene rings is 3. The first-order valence-electron chi connectivity index (χ1n) is 10.4. The van der Waals surface area contributed by atoms with Gasteiger partial charge in [-0.3, -0.25) is 15.5 Å². The number of anilines is 1. The van der Waals surface area contributed by atoms with Crippen molar-refractivity contribution in [2.75, 3.05) is 12.5 Å². The van der Waals surface area contributed by atoms with Gasteiger partial charge in [0.25, 0.3) is 5.69 Å². The van der Waals surface area contributed by atoms with Crippen LogP contribution in [0.4, 0.5) is 11.4 Å². The van der Waals surface area contributed by atoms with Gasteiger partial charge in [-0.2, -0.15) is 5.10 Å². The average Bonchev–Trinajstić information content (AvgIpc) is 2.79. The molecule has 3 aromatic rings. The second kappa shape index (κ2) is 10.8. The van der Waals surface area contributed by atoms with Crippen molar-refractivity contribution in [2.24, 2.45) is 5.10 Å². The Morgan fingerprint density at radius 2 is 1.85 bits per heavy atom. The molecular weight excluding hydrogens is 442 g/mol. The summed E-state index contributed by atoms with van der Waals surface area (Å²) in [5.74, 6) is 1.78. The van der Waals surface area contributed by atoms with E-state index in [1.54, 1.807) is 25.5 Å². The molecule has 8 heteroatoms. The number of hydrazone groups is 1. The molecule has 7 nitrogen and oxygen atoms in total. The minimum absolute atomic E-state index is 0.0285. The van der Waals surface area contributed by atoms with E-state index in [9.17, 15) is 10.1 Å². The molecule has 0 unspecified atom stereocenters. The fraction of sp³-hybridized carbons (Fsp3) is 0.240. The van der Waals surface area contributed by atoms with Crippen LogP contribution in [0.25, 0.3) is 0 Å². The highest BCUT2D eigenvalue weighted by molar-refractivity contribution is 6.31. The van der Waals surface area contributed by atoms with E-state index in [1.807, 2.05) is 37.3 Å². The standard InChI is InChI=1S/C25H26ClN3O4/c1-16(2)22-13-23(26)17(3)11-25(22)33-15-19-12-18(5-10-24(19)32-4)14-27-28-20-6-8-21(9-7-20)29(30)31/h5-14,16,28H,15H2,1-4H3. The van der Waals surface area contributed by atoms with Crippen molar-refractivity contribution in [1.82, 2.24) is 0 Å². The van der Waals surface area contributed by atoms with E-state index in [-0.39, 0.29) is 11.6 Å². The average molecular weight is 468 g/mol. The van der Waals surface area contributed by atoms with Gasteiger partial charge in [-0.1, -0.05) is 25.4 Å². The molecule has 0 atom stereocenters. The van der Waals surface area contributed by atoms with Gasteiger partial charge < -0.3 is 9.47 Å². The maximum Gasteiger partial charge on any atom is 0.269 e. The van der Waals surface area contributed by atoms with E-state index in [0.29, 0.717) is 18.0 Å². The maximum atomic E-state index is 10.8. The smallest absolute Gasteiger partial charge is 0.269 e. The first-order valence-corrected chi connectivity index (χ1v) is 10.8. The molecule has 0 aliphatic heterocycles. The Labute approximate surface area is 198 Å². The molecule has 0 saturated carbocycles. The number of halogens is 1. The monoisotopic (exact) mass is 467 g/mol. The van der Waals surface area contributed by atoms with E-state index in [1.165, 1.54) is 12.1 Å². The molecule has 0 aliphatic carbocycles. The lowest BCUT2D eigenvalue weighted by atomic mass is 10.0. The number of nitro groups is 1. The summed E-state index contributed by atoms with van der Waals surface area (Å²) < 4.78 is 11.7. The number of ether oxygens (including phenoxy) is 2. The maximum absolute atomic E-state index is 10.8. The van der Waals surface area contributed by atoms with Crippen LogP contribution >= 0.6 is 11.6 Å². The lowest BCUT2D eigenvalue weighted by molar-refractivity contribution is -0.384. The molecule has 0 bridgehead atoms. The first-order chi connectivity index (χ1) is 15.8. The highest BCUT2D eigenvalue weighted by Crippen LogP contribution is 2.33. The quantitative estimate of drug-likeness (QED) is 0.214. The zero-order valence-electron chi connectivity index (χ0n) is 19.0. The van der Waals surface area contributed by atoms with Crippen LogP contribution in [0.2, 0.25) is 5.02 Å². The van der Waals surface area contributed by atoms with Gasteiger partial charge in [-0.15, -0.1) is 0 Å². The van der Waals surface area contributed by atoms with Crippen LogP contribution < -0.4 is 14.9 Å². The number of rotatable bonds is 9. The van der Waals surface area contributed by atoms with E-state index in [2.05, 4.69) is 24.4 Å². The molecule has 0 amide bonds. The molecule has 0 fully saturated rings. The van der Waals surface area contributed by atoms with Gasteiger partial charge in [0.15, 0.2) is 0 Å². The molecule has 0 heterocycles. The zero-order chi connectivity index (χ0) is 24.0. The predicted molar refractivity (Wildman–Crippen MR) is 132 cm³/mol. The second-order valence-corrected chi connectivity index (χ2v) is 8.24. The number of hydrogen-bond donors (Lipinski definition) is 1. The van der Waals surface area contributed by atoms with Crippen LogP contribution in [0.1, 0.15) is 42.0 Å². The van der Waals surface area contributed by atoms with Gasteiger partial charge >= 0.3 is 0 Å². The fourth-order valence-electron chi connectivity index (χ4n) is 3.23. The van der Waals surface area contributed by atoms with Crippen molar-refractivity contribution in [2.45, 2.75) is 33.3 Å². The Balaban J connectivity index is 1.74. The number of methoxy groups -OCH3 is 1. The number of nitro benzene ring substituents is 1. The number of nitrogens with zero attached hydrogens (tertiary/aromatic N) is 2. The summed E-state index contributed by atoms with van der Waals surface area (Å²) in [5, 5.41) is 15.7. The molecule has 0 saturated heterocycles. The van der Waals surface area contributed by atoms with Crippen LogP contribution in [0.15, 0.2) is 59.7 Å². The van der Waals surface area contributed by atoms with Crippen LogP contribution in [0.3, 0.4) is 0 Å². The molecule has 0 aromatic heterocycles. The fourth-order valence-corrected chi connectivity index (χ4v) is 3.40. The minimum atomic E-state index is -0.441. The molecule has 1 N–H and O–H groups in total. The Bertz CT molecular complexity index is 1160. The van der Waals surface area contributed by atoms with Crippen molar-refractivity contribution in [1.29, 1.82) is 0 Å². The molecule has 3 aromatic carbocycles. The van der Waals surface area contributed by atoms with Crippen molar-refractivity contribution in [3.05, 3.63) is 92.0 Å². The van der Waals surface area contributed by atoms with Gasteiger partial charge in [0.05, 0.1) is 23.9 Å². The summed E-state index contributed by atoms with van der Waals surface area (Å²) in [6, 6.07) is 15.7. The van der Waals surface area contributed by atoms with Crippen LogP contribution in [-0.2, 0) is 6.61 Å². The number of hydrogen-bond acceptors (Lipinski definition) is 6. The molecule has 33 heavy (non-hydrogen) atoms. The summed E-state index contributed by atoms with van der Waals surface area (Å²) in [4.78, 5) is 10.3. The summed E-state index contributed by atoms with van der Waals surface area (Å²) >= 11 is 6.30. The van der Waals surface area contributed by atoms with Gasteiger partial charge in [0.2, 0.25) is 0 Å². The highest BCUT2D eigenvalue weighted by atomic mass is 35.5. The molecule has 3 rings (SSSR count). The predicted octanol–water partition coefficient (Wildman–Crippen LogP) is 6.71. The Morgan fingerprint density at radius 3 is 2.48 bits per heavy atom. The van der Waals surface area contributed by atoms with Crippen LogP contribution in [0, 0.1) is 17.0 Å². The van der Waals surface area contributed by atoms with Gasteiger partial charge in [0, 0.05) is 22.7 Å². The molecule has 0 radical (unpaired) electrons. The van der Waals surface area contributed by atoms with Gasteiger partial charge in [-0.25, -0.2) is 0 Å². The van der Waals surface area contributed by atoms with E-state index >= 15 is 0 Å². The Kier molecular flexibility index (Phi) is 7.90. The summed E-state index contributed by atoms with van der Waals surface area (Å²) in [6.07, 6.45) is 1.66. The first kappa shape index (κ1) is 24.1. The SMILES string of the molecule is COc1ccc(C=NNc2ccc([N+](=O)[O-])cc2)cc1COc1cc(C)c(Cl)cc1C(C)C. The van der Waals surface area contributed by atoms with Crippen molar-refractivity contribution >= 4 is 29.2 Å². The van der Waals surface area contributed by atoms with Crippen LogP contribution in [0.5, 0.6) is 11.5 Å². The number of non-ortho nitro benzene ring substituents is 1. The summed E-state index contributed by atoms with van der Waals surface area (Å²) in [6.45, 7) is 6.48. The van der Waals surface area contributed by atoms with Crippen molar-refractivity contribution < 1.29 is 14.4 Å². The van der Waals surface area contributed by atoms with E-state index < -0.39 is 4.92 Å². The minimum Gasteiger partial charge on any atom is -0.496 e. The Morgan fingerprint density at radius 1 is 1.12 bits per heavy atom. The normalized spacial score (nSPS) is 11.1. The lowest BCUT2D eigenvalue weighted by Crippen LogP contribution is -2.03. The third-order valence-corrected chi connectivity index (χ3v) is 5.49. The molecule has 0 spiro atoms.